The second kappa shape index (κ2) is 8.67. The van der Waals surface area contributed by atoms with Crippen molar-refractivity contribution >= 4 is 6.03 Å². The number of nitrogens with one attached hydrogen (secondary N) is 1. The zero-order valence-electron chi connectivity index (χ0n) is 14.8. The number of imidazole rings is 1. The number of aromatic nitrogens is 2. The lowest BCUT2D eigenvalue weighted by Crippen LogP contribution is -2.56. The van der Waals surface area contributed by atoms with E-state index in [-0.39, 0.29) is 12.1 Å². The molecule has 134 valence electrons. The lowest BCUT2D eigenvalue weighted by molar-refractivity contribution is 0.0975. The summed E-state index contributed by atoms with van der Waals surface area (Å²) in [5.41, 5.74) is 1.33. The number of carbonyl (C=O) groups is 1. The molecule has 1 aliphatic rings. The molecular formula is C19H27N5O. The standard InChI is InChI=1S/C19H27N5O/c1-17-14-23(15-18-6-3-2-4-7-18)12-13-24(17)19(25)21-8-5-10-22-11-9-20-16-22/h2-4,6-7,9,11,16-17H,5,8,10,12-15H2,1H3,(H,21,25)/t17-/m1/s1. The van der Waals surface area contributed by atoms with Crippen molar-refractivity contribution in [3.63, 3.8) is 0 Å². The summed E-state index contributed by atoms with van der Waals surface area (Å²) in [5.74, 6) is 0. The number of hydrogen-bond acceptors (Lipinski definition) is 3. The number of amides is 2. The number of piperazine rings is 1. The Bertz CT molecular complexity index is 643. The summed E-state index contributed by atoms with van der Waals surface area (Å²) in [5, 5.41) is 3.04. The molecule has 6 nitrogen and oxygen atoms in total. The van der Waals surface area contributed by atoms with Crippen LogP contribution >= 0.6 is 0 Å². The van der Waals surface area contributed by atoms with Gasteiger partial charge in [-0.3, -0.25) is 4.90 Å². The Morgan fingerprint density at radius 3 is 2.84 bits per heavy atom. The normalized spacial score (nSPS) is 18.3. The van der Waals surface area contributed by atoms with Crippen molar-refractivity contribution in [3.05, 3.63) is 54.6 Å². The van der Waals surface area contributed by atoms with E-state index in [0.717, 1.165) is 39.1 Å². The maximum Gasteiger partial charge on any atom is 0.317 e. The Kier molecular flexibility index (Phi) is 6.06. The van der Waals surface area contributed by atoms with Crippen LogP contribution in [0.2, 0.25) is 0 Å². The van der Waals surface area contributed by atoms with Crippen LogP contribution in [0.1, 0.15) is 18.9 Å². The van der Waals surface area contributed by atoms with E-state index in [9.17, 15) is 4.79 Å². The average molecular weight is 341 g/mol. The van der Waals surface area contributed by atoms with Crippen molar-refractivity contribution in [2.24, 2.45) is 0 Å². The second-order valence-electron chi connectivity index (χ2n) is 6.65. The van der Waals surface area contributed by atoms with Gasteiger partial charge in [-0.25, -0.2) is 9.78 Å². The summed E-state index contributed by atoms with van der Waals surface area (Å²) < 4.78 is 2.02. The van der Waals surface area contributed by atoms with Gasteiger partial charge in [0.05, 0.1) is 6.33 Å². The van der Waals surface area contributed by atoms with Gasteiger partial charge in [0, 0.05) is 57.7 Å². The molecule has 1 atom stereocenters. The lowest BCUT2D eigenvalue weighted by atomic mass is 10.1. The predicted molar refractivity (Wildman–Crippen MR) is 98.1 cm³/mol. The number of nitrogens with zero attached hydrogens (tertiary/aromatic N) is 4. The molecule has 0 spiro atoms. The van der Waals surface area contributed by atoms with Crippen molar-refractivity contribution in [2.75, 3.05) is 26.2 Å². The first-order valence-electron chi connectivity index (χ1n) is 8.99. The fourth-order valence-corrected chi connectivity index (χ4v) is 3.30. The van der Waals surface area contributed by atoms with E-state index >= 15 is 0 Å². The van der Waals surface area contributed by atoms with E-state index in [0.29, 0.717) is 6.54 Å². The largest absolute Gasteiger partial charge is 0.338 e. The topological polar surface area (TPSA) is 53.4 Å². The van der Waals surface area contributed by atoms with Crippen molar-refractivity contribution < 1.29 is 4.79 Å². The Morgan fingerprint density at radius 2 is 2.12 bits per heavy atom. The van der Waals surface area contributed by atoms with E-state index in [4.69, 9.17) is 0 Å². The number of hydrogen-bond donors (Lipinski definition) is 1. The van der Waals surface area contributed by atoms with Crippen LogP contribution in [0.4, 0.5) is 4.79 Å². The zero-order chi connectivity index (χ0) is 17.5. The summed E-state index contributed by atoms with van der Waals surface area (Å²) >= 11 is 0. The van der Waals surface area contributed by atoms with Gasteiger partial charge in [-0.15, -0.1) is 0 Å². The van der Waals surface area contributed by atoms with Gasteiger partial charge in [0.15, 0.2) is 0 Å². The van der Waals surface area contributed by atoms with Crippen LogP contribution in [0.15, 0.2) is 49.1 Å². The van der Waals surface area contributed by atoms with Crippen LogP contribution in [-0.2, 0) is 13.1 Å². The van der Waals surface area contributed by atoms with Crippen LogP contribution in [-0.4, -0.2) is 57.6 Å². The van der Waals surface area contributed by atoms with E-state index in [2.05, 4.69) is 46.4 Å². The molecule has 2 amide bonds. The molecule has 25 heavy (non-hydrogen) atoms. The number of benzene rings is 1. The summed E-state index contributed by atoms with van der Waals surface area (Å²) in [6.07, 6.45) is 6.42. The van der Waals surface area contributed by atoms with Gasteiger partial charge >= 0.3 is 6.03 Å². The van der Waals surface area contributed by atoms with Crippen LogP contribution in [0.3, 0.4) is 0 Å². The first-order valence-corrected chi connectivity index (χ1v) is 8.99. The molecule has 0 saturated carbocycles. The highest BCUT2D eigenvalue weighted by atomic mass is 16.2. The summed E-state index contributed by atoms with van der Waals surface area (Å²) in [4.78, 5) is 20.8. The zero-order valence-corrected chi connectivity index (χ0v) is 14.8. The third kappa shape index (κ3) is 5.06. The molecular weight excluding hydrogens is 314 g/mol. The number of aryl methyl sites for hydroxylation is 1. The van der Waals surface area contributed by atoms with Crippen LogP contribution in [0.5, 0.6) is 0 Å². The van der Waals surface area contributed by atoms with Crippen molar-refractivity contribution in [3.8, 4) is 0 Å². The van der Waals surface area contributed by atoms with Crippen molar-refractivity contribution in [2.45, 2.75) is 32.5 Å². The van der Waals surface area contributed by atoms with Gasteiger partial charge in [-0.2, -0.15) is 0 Å². The predicted octanol–water partition coefficient (Wildman–Crippen LogP) is 2.19. The molecule has 0 radical (unpaired) electrons. The maximum absolute atomic E-state index is 12.4. The fourth-order valence-electron chi connectivity index (χ4n) is 3.30. The van der Waals surface area contributed by atoms with E-state index < -0.39 is 0 Å². The number of urea groups is 1. The molecule has 3 rings (SSSR count). The second-order valence-corrected chi connectivity index (χ2v) is 6.65. The molecule has 1 fully saturated rings. The van der Waals surface area contributed by atoms with Gasteiger partial charge in [0.2, 0.25) is 0 Å². The first-order chi connectivity index (χ1) is 12.2. The van der Waals surface area contributed by atoms with Gasteiger partial charge in [-0.05, 0) is 18.9 Å². The minimum Gasteiger partial charge on any atom is -0.338 e. The van der Waals surface area contributed by atoms with Gasteiger partial charge < -0.3 is 14.8 Å². The van der Waals surface area contributed by atoms with Gasteiger partial charge in [0.1, 0.15) is 0 Å². The first kappa shape index (κ1) is 17.5. The summed E-state index contributed by atoms with van der Waals surface area (Å²) in [7, 11) is 0. The monoisotopic (exact) mass is 341 g/mol. The lowest BCUT2D eigenvalue weighted by Gasteiger charge is -2.39. The molecule has 0 bridgehead atoms. The molecule has 0 unspecified atom stereocenters. The van der Waals surface area contributed by atoms with E-state index in [1.54, 1.807) is 12.5 Å². The van der Waals surface area contributed by atoms with Gasteiger partial charge in [-0.1, -0.05) is 30.3 Å². The minimum absolute atomic E-state index is 0.0532. The molecule has 1 aromatic heterocycles. The Balaban J connectivity index is 1.39. The maximum atomic E-state index is 12.4. The molecule has 1 aromatic carbocycles. The SMILES string of the molecule is C[C@@H]1CN(Cc2ccccc2)CCN1C(=O)NCCCn1ccnc1. The fraction of sp³-hybridized carbons (Fsp3) is 0.474. The Morgan fingerprint density at radius 1 is 1.28 bits per heavy atom. The van der Waals surface area contributed by atoms with Crippen molar-refractivity contribution in [1.82, 2.24) is 24.7 Å². The Hall–Kier alpha value is -2.34. The number of rotatable bonds is 6. The third-order valence-corrected chi connectivity index (χ3v) is 4.65. The quantitative estimate of drug-likeness (QED) is 0.820. The van der Waals surface area contributed by atoms with Gasteiger partial charge in [0.25, 0.3) is 0 Å². The molecule has 1 N–H and O–H groups in total. The summed E-state index contributed by atoms with van der Waals surface area (Å²) in [6, 6.07) is 10.8. The van der Waals surface area contributed by atoms with Crippen molar-refractivity contribution in [1.29, 1.82) is 0 Å². The Labute approximate surface area is 149 Å². The average Bonchev–Trinajstić information content (AvgIpc) is 3.13. The van der Waals surface area contributed by atoms with E-state index in [1.165, 1.54) is 5.56 Å². The highest BCUT2D eigenvalue weighted by Crippen LogP contribution is 2.13. The summed E-state index contributed by atoms with van der Waals surface area (Å²) in [6.45, 7) is 7.25. The molecule has 1 saturated heterocycles. The molecule has 6 heteroatoms. The van der Waals surface area contributed by atoms with Crippen LogP contribution in [0, 0.1) is 0 Å². The van der Waals surface area contributed by atoms with Crippen LogP contribution in [0.25, 0.3) is 0 Å². The smallest absolute Gasteiger partial charge is 0.317 e. The minimum atomic E-state index is 0.0532. The van der Waals surface area contributed by atoms with E-state index in [1.807, 2.05) is 21.7 Å². The molecule has 0 aliphatic carbocycles. The highest BCUT2D eigenvalue weighted by Gasteiger charge is 2.27. The highest BCUT2D eigenvalue weighted by molar-refractivity contribution is 5.74. The molecule has 2 heterocycles. The van der Waals surface area contributed by atoms with Crippen LogP contribution < -0.4 is 5.32 Å². The molecule has 1 aliphatic heterocycles. The molecule has 2 aromatic rings. The third-order valence-electron chi connectivity index (χ3n) is 4.65. The number of carbonyl (C=O) groups excluding carboxylic acids is 1.